The molecule has 4 N–H and O–H groups in total. The molecule has 0 fully saturated rings. The molecule has 0 aliphatic heterocycles. The number of aromatic hydroxyl groups is 3. The van der Waals surface area contributed by atoms with Gasteiger partial charge in [0.25, 0.3) is 0 Å². The first-order chi connectivity index (χ1) is 11.0. The molecule has 2 aromatic carbocycles. The quantitative estimate of drug-likeness (QED) is 0.476. The lowest BCUT2D eigenvalue weighted by Crippen LogP contribution is -2.10. The maximum absolute atomic E-state index is 11.7. The van der Waals surface area contributed by atoms with Gasteiger partial charge in [0.2, 0.25) is 0 Å². The maximum Gasteiger partial charge on any atom is 0.310 e. The number of ether oxygens (including phenoxy) is 1. The van der Waals surface area contributed by atoms with Crippen molar-refractivity contribution < 1.29 is 30.0 Å². The third-order valence-corrected chi connectivity index (χ3v) is 3.36. The number of esters is 1. The van der Waals surface area contributed by atoms with E-state index in [9.17, 15) is 20.1 Å². The molecule has 122 valence electrons. The smallest absolute Gasteiger partial charge is 0.310 e. The largest absolute Gasteiger partial charge is 0.508 e. The van der Waals surface area contributed by atoms with E-state index in [4.69, 9.17) is 9.84 Å². The summed E-state index contributed by atoms with van der Waals surface area (Å²) in [6.07, 6.45) is 0.425. The van der Waals surface area contributed by atoms with Crippen LogP contribution < -0.4 is 0 Å². The van der Waals surface area contributed by atoms with Crippen molar-refractivity contribution in [1.29, 1.82) is 0 Å². The van der Waals surface area contributed by atoms with Gasteiger partial charge in [-0.25, -0.2) is 0 Å². The molecule has 23 heavy (non-hydrogen) atoms. The minimum absolute atomic E-state index is 0.0140. The second-order valence-corrected chi connectivity index (χ2v) is 5.09. The number of phenols is 3. The molecule has 0 aliphatic carbocycles. The van der Waals surface area contributed by atoms with Gasteiger partial charge in [-0.15, -0.1) is 0 Å². The number of aliphatic hydroxyl groups excluding tert-OH is 1. The molecule has 0 atom stereocenters. The van der Waals surface area contributed by atoms with Crippen LogP contribution in [0.25, 0.3) is 0 Å². The lowest BCUT2D eigenvalue weighted by molar-refractivity contribution is -0.142. The van der Waals surface area contributed by atoms with Crippen LogP contribution in [-0.2, 0) is 29.0 Å². The van der Waals surface area contributed by atoms with Gasteiger partial charge in [-0.3, -0.25) is 4.79 Å². The van der Waals surface area contributed by atoms with Crippen LogP contribution >= 0.6 is 0 Å². The van der Waals surface area contributed by atoms with Crippen molar-refractivity contribution in [3.63, 3.8) is 0 Å². The van der Waals surface area contributed by atoms with Crippen LogP contribution in [0.4, 0.5) is 0 Å². The van der Waals surface area contributed by atoms with Crippen molar-refractivity contribution in [1.82, 2.24) is 0 Å². The Hall–Kier alpha value is -2.73. The van der Waals surface area contributed by atoms with Gasteiger partial charge in [0.15, 0.2) is 11.5 Å². The first-order valence-corrected chi connectivity index (χ1v) is 7.07. The van der Waals surface area contributed by atoms with E-state index >= 15 is 0 Å². The van der Waals surface area contributed by atoms with Gasteiger partial charge < -0.3 is 25.2 Å². The normalized spacial score (nSPS) is 10.5. The molecule has 0 unspecified atom stereocenters. The molecule has 6 heteroatoms. The first-order valence-electron chi connectivity index (χ1n) is 7.07. The summed E-state index contributed by atoms with van der Waals surface area (Å²) < 4.78 is 5.10. The molecule has 0 spiro atoms. The standard InChI is InChI=1S/C17H18O6/c18-10-13-3-1-12(8-15(13)20)9-17(22)23-6-5-11-2-4-14(19)16(21)7-11/h1-4,7-8,18-21H,5-6,9-10H2. The number of benzene rings is 2. The molecule has 0 radical (unpaired) electrons. The van der Waals surface area contributed by atoms with Crippen molar-refractivity contribution in [2.45, 2.75) is 19.4 Å². The van der Waals surface area contributed by atoms with Crippen molar-refractivity contribution in [2.24, 2.45) is 0 Å². The van der Waals surface area contributed by atoms with E-state index in [0.29, 0.717) is 17.5 Å². The van der Waals surface area contributed by atoms with Crippen LogP contribution in [-0.4, -0.2) is 33.0 Å². The fourth-order valence-corrected chi connectivity index (χ4v) is 2.08. The lowest BCUT2D eigenvalue weighted by atomic mass is 10.1. The fourth-order valence-electron chi connectivity index (χ4n) is 2.08. The number of hydrogen-bond donors (Lipinski definition) is 4. The van der Waals surface area contributed by atoms with Gasteiger partial charge >= 0.3 is 5.97 Å². The summed E-state index contributed by atoms with van der Waals surface area (Å²) in [5.74, 6) is -0.910. The van der Waals surface area contributed by atoms with Crippen molar-refractivity contribution >= 4 is 5.97 Å². The molecule has 2 rings (SSSR count). The van der Waals surface area contributed by atoms with E-state index in [-0.39, 0.29) is 36.9 Å². The molecule has 0 saturated heterocycles. The van der Waals surface area contributed by atoms with Gasteiger partial charge in [-0.2, -0.15) is 0 Å². The molecule has 0 aliphatic rings. The molecular weight excluding hydrogens is 300 g/mol. The van der Waals surface area contributed by atoms with E-state index in [1.165, 1.54) is 18.2 Å². The van der Waals surface area contributed by atoms with Gasteiger partial charge in [-0.1, -0.05) is 18.2 Å². The topological polar surface area (TPSA) is 107 Å². The van der Waals surface area contributed by atoms with Crippen molar-refractivity contribution in [3.05, 3.63) is 53.1 Å². The zero-order valence-electron chi connectivity index (χ0n) is 12.4. The van der Waals surface area contributed by atoms with Crippen LogP contribution in [0, 0.1) is 0 Å². The van der Waals surface area contributed by atoms with Crippen LogP contribution in [0.1, 0.15) is 16.7 Å². The third-order valence-electron chi connectivity index (χ3n) is 3.36. The van der Waals surface area contributed by atoms with E-state index in [2.05, 4.69) is 0 Å². The fraction of sp³-hybridized carbons (Fsp3) is 0.235. The minimum atomic E-state index is -0.441. The van der Waals surface area contributed by atoms with Gasteiger partial charge in [-0.05, 0) is 29.3 Å². The first kappa shape index (κ1) is 16.6. The summed E-state index contributed by atoms with van der Waals surface area (Å²) in [5.41, 5.74) is 1.72. The Labute approximate surface area is 133 Å². The summed E-state index contributed by atoms with van der Waals surface area (Å²) in [4.78, 5) is 11.7. The average molecular weight is 318 g/mol. The van der Waals surface area contributed by atoms with Crippen molar-refractivity contribution in [2.75, 3.05) is 6.61 Å². The highest BCUT2D eigenvalue weighted by molar-refractivity contribution is 5.72. The Morgan fingerprint density at radius 2 is 1.61 bits per heavy atom. The highest BCUT2D eigenvalue weighted by atomic mass is 16.5. The Bertz CT molecular complexity index is 695. The number of phenolic OH excluding ortho intramolecular Hbond substituents is 2. The highest BCUT2D eigenvalue weighted by Crippen LogP contribution is 2.25. The number of carbonyl (C=O) groups excluding carboxylic acids is 1. The molecular formula is C17H18O6. The molecule has 0 bridgehead atoms. The Morgan fingerprint density at radius 3 is 2.26 bits per heavy atom. The Kier molecular flexibility index (Phi) is 5.43. The zero-order valence-corrected chi connectivity index (χ0v) is 12.4. The predicted octanol–water partition coefficient (Wildman–Crippen LogP) is 1.62. The molecule has 2 aromatic rings. The maximum atomic E-state index is 11.7. The number of hydrogen-bond acceptors (Lipinski definition) is 6. The summed E-state index contributed by atoms with van der Waals surface area (Å²) >= 11 is 0. The van der Waals surface area contributed by atoms with E-state index in [0.717, 1.165) is 5.56 Å². The SMILES string of the molecule is O=C(Cc1ccc(CO)c(O)c1)OCCc1ccc(O)c(O)c1. The molecule has 0 saturated carbocycles. The van der Waals surface area contributed by atoms with Crippen LogP contribution in [0.2, 0.25) is 0 Å². The Balaban J connectivity index is 1.83. The zero-order chi connectivity index (χ0) is 16.8. The van der Waals surface area contributed by atoms with Crippen LogP contribution in [0.5, 0.6) is 17.2 Å². The Morgan fingerprint density at radius 1 is 0.913 bits per heavy atom. The van der Waals surface area contributed by atoms with E-state index in [1.54, 1.807) is 18.2 Å². The minimum Gasteiger partial charge on any atom is -0.508 e. The summed E-state index contributed by atoms with van der Waals surface area (Å²) in [5, 5.41) is 37.2. The summed E-state index contributed by atoms with van der Waals surface area (Å²) in [6, 6.07) is 9.04. The summed E-state index contributed by atoms with van der Waals surface area (Å²) in [7, 11) is 0. The van der Waals surface area contributed by atoms with Gasteiger partial charge in [0.1, 0.15) is 5.75 Å². The average Bonchev–Trinajstić information content (AvgIpc) is 2.51. The van der Waals surface area contributed by atoms with E-state index in [1.807, 2.05) is 0 Å². The molecule has 0 amide bonds. The molecule has 0 aromatic heterocycles. The van der Waals surface area contributed by atoms with E-state index < -0.39 is 5.97 Å². The van der Waals surface area contributed by atoms with Crippen LogP contribution in [0.15, 0.2) is 36.4 Å². The third kappa shape index (κ3) is 4.62. The second-order valence-electron chi connectivity index (χ2n) is 5.09. The molecule has 0 heterocycles. The predicted molar refractivity (Wildman–Crippen MR) is 82.2 cm³/mol. The number of rotatable bonds is 6. The lowest BCUT2D eigenvalue weighted by Gasteiger charge is -2.07. The van der Waals surface area contributed by atoms with Crippen LogP contribution in [0.3, 0.4) is 0 Å². The van der Waals surface area contributed by atoms with Crippen molar-refractivity contribution in [3.8, 4) is 17.2 Å². The van der Waals surface area contributed by atoms with Gasteiger partial charge in [0.05, 0.1) is 19.6 Å². The second kappa shape index (κ2) is 7.51. The highest BCUT2D eigenvalue weighted by Gasteiger charge is 2.08. The number of carbonyl (C=O) groups is 1. The summed E-state index contributed by atoms with van der Waals surface area (Å²) in [6.45, 7) is -0.125. The number of aliphatic hydroxyl groups is 1. The van der Waals surface area contributed by atoms with Gasteiger partial charge in [0, 0.05) is 12.0 Å². The molecule has 6 nitrogen and oxygen atoms in total. The monoisotopic (exact) mass is 318 g/mol.